The molecule has 0 saturated carbocycles. The summed E-state index contributed by atoms with van der Waals surface area (Å²) in [7, 11) is 0. The van der Waals surface area contributed by atoms with E-state index in [0.717, 1.165) is 12.1 Å². The smallest absolute Gasteiger partial charge is 0.321 e. The normalized spacial score (nSPS) is 10.9. The Morgan fingerprint density at radius 2 is 2.11 bits per heavy atom. The standard InChI is InChI=1S/C11H14ClN5O/c1-4-17-6-8(5-13-17)9-14-10(12)16-11(15-9)18-7(2)3/h5-7H,4H2,1-3H3. The predicted octanol–water partition coefficient (Wildman–Crippen LogP) is 2.20. The van der Waals surface area contributed by atoms with E-state index in [1.165, 1.54) is 0 Å². The Morgan fingerprint density at radius 3 is 2.72 bits per heavy atom. The number of hydrogen-bond donors (Lipinski definition) is 0. The molecule has 2 aromatic heterocycles. The monoisotopic (exact) mass is 267 g/mol. The summed E-state index contributed by atoms with van der Waals surface area (Å²) >= 11 is 5.85. The summed E-state index contributed by atoms with van der Waals surface area (Å²) in [5, 5.41) is 4.27. The molecular formula is C11H14ClN5O. The minimum Gasteiger partial charge on any atom is -0.461 e. The molecule has 0 fully saturated rings. The van der Waals surface area contributed by atoms with Crippen LogP contribution in [-0.4, -0.2) is 30.8 Å². The molecule has 0 unspecified atom stereocenters. The van der Waals surface area contributed by atoms with Gasteiger partial charge in [0.1, 0.15) is 0 Å². The van der Waals surface area contributed by atoms with Crippen LogP contribution in [0.1, 0.15) is 20.8 Å². The van der Waals surface area contributed by atoms with Crippen molar-refractivity contribution in [1.82, 2.24) is 24.7 Å². The van der Waals surface area contributed by atoms with Crippen molar-refractivity contribution in [3.63, 3.8) is 0 Å². The molecule has 7 heteroatoms. The summed E-state index contributed by atoms with van der Waals surface area (Å²) in [6, 6.07) is 0.226. The van der Waals surface area contributed by atoms with Crippen LogP contribution in [0.4, 0.5) is 0 Å². The van der Waals surface area contributed by atoms with Gasteiger partial charge >= 0.3 is 6.01 Å². The number of nitrogens with zero attached hydrogens (tertiary/aromatic N) is 5. The van der Waals surface area contributed by atoms with Crippen LogP contribution in [0.5, 0.6) is 6.01 Å². The van der Waals surface area contributed by atoms with E-state index in [0.29, 0.717) is 5.82 Å². The lowest BCUT2D eigenvalue weighted by Gasteiger charge is -2.07. The van der Waals surface area contributed by atoms with Crippen LogP contribution in [0.3, 0.4) is 0 Å². The molecule has 6 nitrogen and oxygen atoms in total. The molecule has 0 aromatic carbocycles. The highest BCUT2D eigenvalue weighted by Crippen LogP contribution is 2.18. The van der Waals surface area contributed by atoms with Crippen LogP contribution < -0.4 is 4.74 Å². The number of ether oxygens (including phenoxy) is 1. The molecular weight excluding hydrogens is 254 g/mol. The van der Waals surface area contributed by atoms with Gasteiger partial charge in [0.05, 0.1) is 17.9 Å². The van der Waals surface area contributed by atoms with Gasteiger partial charge in [-0.3, -0.25) is 4.68 Å². The average molecular weight is 268 g/mol. The number of aromatic nitrogens is 5. The first-order valence-corrected chi connectivity index (χ1v) is 6.07. The summed E-state index contributed by atoms with van der Waals surface area (Å²) in [6.07, 6.45) is 3.52. The van der Waals surface area contributed by atoms with E-state index in [2.05, 4.69) is 20.1 Å². The fourth-order valence-electron chi connectivity index (χ4n) is 1.38. The minimum atomic E-state index is -0.0188. The third-order valence-electron chi connectivity index (χ3n) is 2.14. The molecule has 2 aromatic rings. The van der Waals surface area contributed by atoms with Crippen molar-refractivity contribution in [3.8, 4) is 17.4 Å². The number of rotatable bonds is 4. The summed E-state index contributed by atoms with van der Waals surface area (Å²) in [6.45, 7) is 6.58. The molecule has 0 aliphatic rings. The average Bonchev–Trinajstić information content (AvgIpc) is 2.75. The van der Waals surface area contributed by atoms with Crippen molar-refractivity contribution < 1.29 is 4.74 Å². The van der Waals surface area contributed by atoms with Crippen molar-refractivity contribution in [2.75, 3.05) is 0 Å². The molecule has 2 rings (SSSR count). The number of aryl methyl sites for hydroxylation is 1. The third-order valence-corrected chi connectivity index (χ3v) is 2.31. The lowest BCUT2D eigenvalue weighted by atomic mass is 10.3. The molecule has 0 saturated heterocycles. The molecule has 0 amide bonds. The number of halogens is 1. The molecule has 0 radical (unpaired) electrons. The zero-order chi connectivity index (χ0) is 13.1. The van der Waals surface area contributed by atoms with Crippen molar-refractivity contribution in [2.45, 2.75) is 33.4 Å². The first-order valence-electron chi connectivity index (χ1n) is 5.69. The van der Waals surface area contributed by atoms with Crippen LogP contribution in [0, 0.1) is 0 Å². The third kappa shape index (κ3) is 2.95. The second-order valence-electron chi connectivity index (χ2n) is 3.96. The fraction of sp³-hybridized carbons (Fsp3) is 0.455. The van der Waals surface area contributed by atoms with E-state index in [-0.39, 0.29) is 17.4 Å². The first kappa shape index (κ1) is 12.8. The second kappa shape index (κ2) is 5.30. The predicted molar refractivity (Wildman–Crippen MR) is 67.5 cm³/mol. The Hall–Kier alpha value is -1.69. The number of hydrogen-bond acceptors (Lipinski definition) is 5. The lowest BCUT2D eigenvalue weighted by molar-refractivity contribution is 0.222. The van der Waals surface area contributed by atoms with Gasteiger partial charge < -0.3 is 4.74 Å². The van der Waals surface area contributed by atoms with E-state index in [1.54, 1.807) is 10.9 Å². The van der Waals surface area contributed by atoms with Crippen molar-refractivity contribution in [3.05, 3.63) is 17.7 Å². The molecule has 0 aliphatic carbocycles. The quantitative estimate of drug-likeness (QED) is 0.850. The topological polar surface area (TPSA) is 65.7 Å². The molecule has 18 heavy (non-hydrogen) atoms. The van der Waals surface area contributed by atoms with Crippen LogP contribution in [0.2, 0.25) is 5.28 Å². The van der Waals surface area contributed by atoms with Crippen molar-refractivity contribution >= 4 is 11.6 Å². The van der Waals surface area contributed by atoms with Gasteiger partial charge in [0, 0.05) is 12.7 Å². The van der Waals surface area contributed by atoms with Gasteiger partial charge in [0.15, 0.2) is 5.82 Å². The van der Waals surface area contributed by atoms with E-state index in [9.17, 15) is 0 Å². The summed E-state index contributed by atoms with van der Waals surface area (Å²) in [5.74, 6) is 0.463. The van der Waals surface area contributed by atoms with Gasteiger partial charge in [0.25, 0.3) is 0 Å². The maximum Gasteiger partial charge on any atom is 0.321 e. The van der Waals surface area contributed by atoms with Crippen molar-refractivity contribution in [2.24, 2.45) is 0 Å². The Morgan fingerprint density at radius 1 is 1.33 bits per heavy atom. The van der Waals surface area contributed by atoms with Gasteiger partial charge in [-0.25, -0.2) is 0 Å². The van der Waals surface area contributed by atoms with Crippen molar-refractivity contribution in [1.29, 1.82) is 0 Å². The highest BCUT2D eigenvalue weighted by molar-refractivity contribution is 6.28. The Balaban J connectivity index is 2.35. The van der Waals surface area contributed by atoms with Gasteiger partial charge in [0.2, 0.25) is 5.28 Å². The van der Waals surface area contributed by atoms with E-state index < -0.39 is 0 Å². The molecule has 2 heterocycles. The second-order valence-corrected chi connectivity index (χ2v) is 4.30. The minimum absolute atomic E-state index is 0.0188. The van der Waals surface area contributed by atoms with Gasteiger partial charge in [-0.15, -0.1) is 0 Å². The molecule has 0 N–H and O–H groups in total. The lowest BCUT2D eigenvalue weighted by Crippen LogP contribution is -2.09. The summed E-state index contributed by atoms with van der Waals surface area (Å²) in [5.41, 5.74) is 0.787. The zero-order valence-electron chi connectivity index (χ0n) is 10.5. The fourth-order valence-corrected chi connectivity index (χ4v) is 1.53. The highest BCUT2D eigenvalue weighted by atomic mass is 35.5. The molecule has 96 valence electrons. The molecule has 0 aliphatic heterocycles. The Bertz CT molecular complexity index is 540. The summed E-state index contributed by atoms with van der Waals surface area (Å²) in [4.78, 5) is 12.2. The van der Waals surface area contributed by atoms with Crippen LogP contribution in [0.25, 0.3) is 11.4 Å². The molecule has 0 spiro atoms. The Kier molecular flexibility index (Phi) is 3.76. The van der Waals surface area contributed by atoms with E-state index >= 15 is 0 Å². The van der Waals surface area contributed by atoms with Crippen LogP contribution >= 0.6 is 11.6 Å². The first-order chi connectivity index (χ1) is 8.58. The Labute approximate surface area is 110 Å². The van der Waals surface area contributed by atoms with Gasteiger partial charge in [-0.1, -0.05) is 0 Å². The molecule has 0 bridgehead atoms. The summed E-state index contributed by atoms with van der Waals surface area (Å²) < 4.78 is 7.20. The highest BCUT2D eigenvalue weighted by Gasteiger charge is 2.11. The largest absolute Gasteiger partial charge is 0.461 e. The van der Waals surface area contributed by atoms with Gasteiger partial charge in [-0.05, 0) is 32.4 Å². The van der Waals surface area contributed by atoms with E-state index in [4.69, 9.17) is 16.3 Å². The zero-order valence-corrected chi connectivity index (χ0v) is 11.2. The maximum atomic E-state index is 5.85. The van der Waals surface area contributed by atoms with Crippen LogP contribution in [0.15, 0.2) is 12.4 Å². The SMILES string of the molecule is CCn1cc(-c2nc(Cl)nc(OC(C)C)n2)cn1. The molecule has 0 atom stereocenters. The van der Waals surface area contributed by atoms with E-state index in [1.807, 2.05) is 27.0 Å². The van der Waals surface area contributed by atoms with Crippen LogP contribution in [-0.2, 0) is 6.54 Å². The maximum absolute atomic E-state index is 5.85. The van der Waals surface area contributed by atoms with Gasteiger partial charge in [-0.2, -0.15) is 20.1 Å².